The average Bonchev–Trinajstić information content (AvgIpc) is 2.55. The molecule has 0 bridgehead atoms. The van der Waals surface area contributed by atoms with Crippen molar-refractivity contribution in [2.45, 2.75) is 31.0 Å². The molecule has 3 atom stereocenters. The van der Waals surface area contributed by atoms with Gasteiger partial charge in [0.1, 0.15) is 12.0 Å². The normalized spacial score (nSPS) is 30.3. The van der Waals surface area contributed by atoms with Crippen molar-refractivity contribution in [2.24, 2.45) is 16.6 Å². The van der Waals surface area contributed by atoms with Gasteiger partial charge in [-0.3, -0.25) is 4.99 Å². The summed E-state index contributed by atoms with van der Waals surface area (Å²) in [7, 11) is 1.23. The van der Waals surface area contributed by atoms with Gasteiger partial charge >= 0.3 is 5.69 Å². The van der Waals surface area contributed by atoms with Gasteiger partial charge in [0.05, 0.1) is 10.4 Å². The second-order valence-corrected chi connectivity index (χ2v) is 6.90. The van der Waals surface area contributed by atoms with Gasteiger partial charge in [-0.1, -0.05) is 11.8 Å². The minimum Gasteiger partial charge on any atom is -0.379 e. The van der Waals surface area contributed by atoms with Crippen molar-refractivity contribution in [3.8, 4) is 0 Å². The molecular formula is C15H18F2N3O2S+. The maximum absolute atomic E-state index is 14.5. The standard InChI is InChI=1S/C15H18F2N3O2S/c1-22-20(21)11-2-3-13(17)12(7-11)15-5-4-10(16)6-9(15)8-23-14(18)19-15/h2-3,7,9-10H,4-6,8H2,1H3,(H2,18,19)/q+1. The first kappa shape index (κ1) is 16.2. The van der Waals surface area contributed by atoms with Crippen LogP contribution in [0.1, 0.15) is 24.8 Å². The highest BCUT2D eigenvalue weighted by atomic mass is 32.2. The summed E-state index contributed by atoms with van der Waals surface area (Å²) in [6, 6.07) is 3.99. The van der Waals surface area contributed by atoms with Crippen LogP contribution in [-0.4, -0.2) is 29.1 Å². The van der Waals surface area contributed by atoms with E-state index in [-0.39, 0.29) is 17.2 Å². The van der Waals surface area contributed by atoms with Crippen molar-refractivity contribution in [3.63, 3.8) is 0 Å². The molecule has 3 unspecified atom stereocenters. The number of nitrogens with two attached hydrogens (primary N) is 1. The molecule has 1 aliphatic carbocycles. The Hall–Kier alpha value is -1.70. The zero-order chi connectivity index (χ0) is 16.6. The van der Waals surface area contributed by atoms with E-state index in [0.29, 0.717) is 35.1 Å². The van der Waals surface area contributed by atoms with Crippen molar-refractivity contribution < 1.29 is 18.5 Å². The van der Waals surface area contributed by atoms with Crippen LogP contribution in [0, 0.1) is 16.6 Å². The first-order valence-corrected chi connectivity index (χ1v) is 8.38. The maximum atomic E-state index is 14.5. The highest BCUT2D eigenvalue weighted by Gasteiger charge is 2.49. The fourth-order valence-corrected chi connectivity index (χ4v) is 4.46. The summed E-state index contributed by atoms with van der Waals surface area (Å²) < 4.78 is 28.4. The molecule has 1 aromatic rings. The molecule has 8 heteroatoms. The van der Waals surface area contributed by atoms with Crippen LogP contribution < -0.4 is 5.73 Å². The van der Waals surface area contributed by atoms with Gasteiger partial charge in [-0.15, -0.1) is 0 Å². The van der Waals surface area contributed by atoms with E-state index in [0.717, 1.165) is 0 Å². The predicted molar refractivity (Wildman–Crippen MR) is 84.7 cm³/mol. The van der Waals surface area contributed by atoms with Crippen LogP contribution in [0.15, 0.2) is 23.2 Å². The van der Waals surface area contributed by atoms with E-state index < -0.39 is 17.5 Å². The topological polar surface area (TPSA) is 67.7 Å². The molecule has 0 spiro atoms. The predicted octanol–water partition coefficient (Wildman–Crippen LogP) is 3.19. The van der Waals surface area contributed by atoms with E-state index in [1.807, 2.05) is 0 Å². The molecule has 2 aliphatic rings. The second kappa shape index (κ2) is 6.07. The highest BCUT2D eigenvalue weighted by molar-refractivity contribution is 8.13. The molecule has 0 radical (unpaired) electrons. The summed E-state index contributed by atoms with van der Waals surface area (Å²) in [5.41, 5.74) is 5.42. The molecule has 0 aromatic heterocycles. The number of alkyl halides is 1. The molecule has 0 amide bonds. The smallest absolute Gasteiger partial charge is 0.317 e. The van der Waals surface area contributed by atoms with Crippen LogP contribution in [0.2, 0.25) is 0 Å². The Morgan fingerprint density at radius 3 is 3.04 bits per heavy atom. The summed E-state index contributed by atoms with van der Waals surface area (Å²) in [5.74, 6) is -0.0370. The van der Waals surface area contributed by atoms with E-state index in [2.05, 4.69) is 9.83 Å². The summed E-state index contributed by atoms with van der Waals surface area (Å²) in [5, 5.41) is 0.370. The molecular weight excluding hydrogens is 324 g/mol. The Morgan fingerprint density at radius 2 is 2.30 bits per heavy atom. The lowest BCUT2D eigenvalue weighted by molar-refractivity contribution is -0.736. The quantitative estimate of drug-likeness (QED) is 0.857. The number of rotatable bonds is 3. The Bertz CT molecular complexity index is 670. The van der Waals surface area contributed by atoms with E-state index in [4.69, 9.17) is 5.73 Å². The van der Waals surface area contributed by atoms with Crippen molar-refractivity contribution in [1.29, 1.82) is 0 Å². The van der Waals surface area contributed by atoms with Crippen molar-refractivity contribution in [2.75, 3.05) is 12.9 Å². The van der Waals surface area contributed by atoms with Crippen molar-refractivity contribution in [1.82, 2.24) is 0 Å². The fraction of sp³-hybridized carbons (Fsp3) is 0.533. The summed E-state index contributed by atoms with van der Waals surface area (Å²) in [6.45, 7) is 0. The largest absolute Gasteiger partial charge is 0.379 e. The van der Waals surface area contributed by atoms with Crippen LogP contribution in [0.3, 0.4) is 0 Å². The number of benzene rings is 1. The Morgan fingerprint density at radius 1 is 1.52 bits per heavy atom. The lowest BCUT2D eigenvalue weighted by Crippen LogP contribution is -2.45. The SMILES string of the molecule is CO[N+](=O)c1ccc(F)c(C23CCC(F)CC2CSC(N)=N3)c1. The van der Waals surface area contributed by atoms with Crippen LogP contribution in [0.5, 0.6) is 0 Å². The monoisotopic (exact) mass is 342 g/mol. The molecule has 1 aromatic carbocycles. The maximum Gasteiger partial charge on any atom is 0.317 e. The molecule has 2 N–H and O–H groups in total. The van der Waals surface area contributed by atoms with Crippen LogP contribution >= 0.6 is 11.8 Å². The Labute approximate surface area is 136 Å². The molecule has 5 nitrogen and oxygen atoms in total. The highest BCUT2D eigenvalue weighted by Crippen LogP contribution is 2.50. The first-order chi connectivity index (χ1) is 11.0. The lowest BCUT2D eigenvalue weighted by Gasteiger charge is -2.45. The number of fused-ring (bicyclic) bond motifs is 1. The number of nitrogens with zero attached hydrogens (tertiary/aromatic N) is 2. The van der Waals surface area contributed by atoms with Crippen molar-refractivity contribution in [3.05, 3.63) is 34.5 Å². The van der Waals surface area contributed by atoms with E-state index in [1.54, 1.807) is 0 Å². The van der Waals surface area contributed by atoms with Gasteiger partial charge in [0.25, 0.3) is 4.92 Å². The van der Waals surface area contributed by atoms with Crippen LogP contribution in [0.25, 0.3) is 0 Å². The third kappa shape index (κ3) is 2.80. The third-order valence-corrected chi connectivity index (χ3v) is 5.55. The molecule has 1 heterocycles. The van der Waals surface area contributed by atoms with Gasteiger partial charge in [0.2, 0.25) is 0 Å². The number of thioether (sulfide) groups is 1. The zero-order valence-corrected chi connectivity index (χ0v) is 13.5. The third-order valence-electron chi connectivity index (χ3n) is 4.59. The molecule has 0 saturated heterocycles. The summed E-state index contributed by atoms with van der Waals surface area (Å²) in [6.07, 6.45) is 0.0717. The van der Waals surface area contributed by atoms with E-state index in [9.17, 15) is 13.7 Å². The number of halogens is 2. The van der Waals surface area contributed by atoms with Gasteiger partial charge < -0.3 is 5.73 Å². The van der Waals surface area contributed by atoms with Gasteiger partial charge in [-0.05, 0) is 25.3 Å². The molecule has 23 heavy (non-hydrogen) atoms. The molecule has 124 valence electrons. The van der Waals surface area contributed by atoms with E-state index in [1.165, 1.54) is 37.1 Å². The molecule has 1 aliphatic heterocycles. The number of hydrogen-bond donors (Lipinski definition) is 1. The van der Waals surface area contributed by atoms with Gasteiger partial charge in [0, 0.05) is 29.4 Å². The van der Waals surface area contributed by atoms with E-state index >= 15 is 0 Å². The summed E-state index contributed by atoms with van der Waals surface area (Å²) >= 11 is 1.36. The number of amidine groups is 1. The minimum atomic E-state index is -0.913. The molecule has 1 fully saturated rings. The van der Waals surface area contributed by atoms with Crippen LogP contribution in [0.4, 0.5) is 14.5 Å². The fourth-order valence-electron chi connectivity index (χ4n) is 3.45. The minimum absolute atomic E-state index is 0.157. The van der Waals surface area contributed by atoms with Gasteiger partial charge in [0.15, 0.2) is 12.3 Å². The molecule has 3 rings (SSSR count). The average molecular weight is 342 g/mol. The zero-order valence-electron chi connectivity index (χ0n) is 12.7. The number of hydrogen-bond acceptors (Lipinski definition) is 5. The van der Waals surface area contributed by atoms with Crippen LogP contribution in [-0.2, 0) is 10.4 Å². The lowest BCUT2D eigenvalue weighted by atomic mass is 9.69. The summed E-state index contributed by atoms with van der Waals surface area (Å²) in [4.78, 5) is 21.1. The van der Waals surface area contributed by atoms with Gasteiger partial charge in [-0.2, -0.15) is 0 Å². The van der Waals surface area contributed by atoms with Crippen molar-refractivity contribution >= 4 is 22.6 Å². The number of aliphatic imine (C=N–C) groups is 1. The Kier molecular flexibility index (Phi) is 4.27. The first-order valence-electron chi connectivity index (χ1n) is 7.40. The van der Waals surface area contributed by atoms with Gasteiger partial charge in [-0.25, -0.2) is 13.6 Å². The molecule has 1 saturated carbocycles. The second-order valence-electron chi connectivity index (χ2n) is 5.86. The Balaban J connectivity index is 2.13.